The van der Waals surface area contributed by atoms with E-state index in [1.165, 1.54) is 15.6 Å². The summed E-state index contributed by atoms with van der Waals surface area (Å²) in [5.41, 5.74) is 2.93. The molecule has 4 rings (SSSR count). The third-order valence-corrected chi connectivity index (χ3v) is 7.97. The fraction of sp³-hybridized carbons (Fsp3) is 0.238. The van der Waals surface area contributed by atoms with E-state index in [1.807, 2.05) is 31.2 Å². The van der Waals surface area contributed by atoms with Crippen LogP contribution < -0.4 is 9.62 Å². The summed E-state index contributed by atoms with van der Waals surface area (Å²) in [5, 5.41) is 4.36. The number of carbonyl (C=O) groups excluding carboxylic acids is 1. The molecular formula is C21H20ClN3O3S2. The zero-order chi connectivity index (χ0) is 21.3. The van der Waals surface area contributed by atoms with Crippen molar-refractivity contribution in [3.8, 4) is 11.3 Å². The normalized spacial score (nSPS) is 15.3. The summed E-state index contributed by atoms with van der Waals surface area (Å²) in [7, 11) is -3.23. The Bertz CT molecular complexity index is 1170. The van der Waals surface area contributed by atoms with Crippen LogP contribution in [0.1, 0.15) is 26.7 Å². The second-order valence-corrected chi connectivity index (χ2v) is 10.7. The van der Waals surface area contributed by atoms with Gasteiger partial charge in [-0.3, -0.25) is 9.10 Å². The molecule has 1 aromatic heterocycles. The minimum Gasteiger partial charge on any atom is -0.346 e. The first kappa shape index (κ1) is 20.8. The maximum Gasteiger partial charge on any atom is 0.251 e. The van der Waals surface area contributed by atoms with Gasteiger partial charge in [-0.1, -0.05) is 23.7 Å². The van der Waals surface area contributed by atoms with Gasteiger partial charge >= 0.3 is 0 Å². The molecule has 30 heavy (non-hydrogen) atoms. The number of amides is 1. The van der Waals surface area contributed by atoms with Crippen LogP contribution in [0.2, 0.25) is 5.02 Å². The van der Waals surface area contributed by atoms with E-state index in [9.17, 15) is 13.2 Å². The van der Waals surface area contributed by atoms with Crippen molar-refractivity contribution >= 4 is 44.6 Å². The van der Waals surface area contributed by atoms with Gasteiger partial charge in [-0.25, -0.2) is 13.4 Å². The van der Waals surface area contributed by atoms with E-state index in [4.69, 9.17) is 11.6 Å². The molecule has 0 radical (unpaired) electrons. The Morgan fingerprint density at radius 2 is 1.87 bits per heavy atom. The van der Waals surface area contributed by atoms with Crippen molar-refractivity contribution in [1.82, 2.24) is 10.3 Å². The number of aryl methyl sites for hydroxylation is 1. The Hall–Kier alpha value is -2.42. The zero-order valence-electron chi connectivity index (χ0n) is 16.3. The highest BCUT2D eigenvalue weighted by atomic mass is 35.5. The number of benzene rings is 2. The molecule has 0 spiro atoms. The van der Waals surface area contributed by atoms with Crippen LogP contribution in [0.5, 0.6) is 0 Å². The molecule has 0 atom stereocenters. The molecule has 1 saturated heterocycles. The molecule has 1 amide bonds. The van der Waals surface area contributed by atoms with Gasteiger partial charge in [0.1, 0.15) is 5.01 Å². The highest BCUT2D eigenvalue weighted by molar-refractivity contribution is 7.93. The topological polar surface area (TPSA) is 79.4 Å². The van der Waals surface area contributed by atoms with Crippen LogP contribution in [-0.2, 0) is 16.6 Å². The summed E-state index contributed by atoms with van der Waals surface area (Å²) in [4.78, 5) is 18.2. The lowest BCUT2D eigenvalue weighted by atomic mass is 10.1. The quantitative estimate of drug-likeness (QED) is 0.616. The number of anilines is 1. The summed E-state index contributed by atoms with van der Waals surface area (Å²) < 4.78 is 25.4. The van der Waals surface area contributed by atoms with Crippen molar-refractivity contribution in [2.45, 2.75) is 19.9 Å². The van der Waals surface area contributed by atoms with Crippen LogP contribution in [0.4, 0.5) is 5.69 Å². The summed E-state index contributed by atoms with van der Waals surface area (Å²) in [6, 6.07) is 14.1. The van der Waals surface area contributed by atoms with Crippen LogP contribution in [-0.4, -0.2) is 31.6 Å². The number of aromatic nitrogens is 1. The molecule has 1 aliphatic heterocycles. The van der Waals surface area contributed by atoms with E-state index in [1.54, 1.807) is 24.3 Å². The van der Waals surface area contributed by atoms with E-state index in [2.05, 4.69) is 10.3 Å². The minimum atomic E-state index is -3.23. The monoisotopic (exact) mass is 461 g/mol. The number of hydrogen-bond donors (Lipinski definition) is 1. The van der Waals surface area contributed by atoms with E-state index in [-0.39, 0.29) is 11.7 Å². The second-order valence-electron chi connectivity index (χ2n) is 6.99. The Kier molecular flexibility index (Phi) is 5.81. The SMILES string of the molecule is Cc1sc(CNC(=O)c2ccc(N3CCCS3(=O)=O)cc2)nc1-c1ccc(Cl)cc1. The minimum absolute atomic E-state index is 0.167. The van der Waals surface area contributed by atoms with E-state index < -0.39 is 10.0 Å². The first-order chi connectivity index (χ1) is 14.3. The van der Waals surface area contributed by atoms with Gasteiger partial charge in [0.15, 0.2) is 0 Å². The van der Waals surface area contributed by atoms with E-state index >= 15 is 0 Å². The van der Waals surface area contributed by atoms with Crippen molar-refractivity contribution in [1.29, 1.82) is 0 Å². The van der Waals surface area contributed by atoms with Crippen LogP contribution >= 0.6 is 22.9 Å². The molecule has 0 bridgehead atoms. The summed E-state index contributed by atoms with van der Waals surface area (Å²) in [6.45, 7) is 2.80. The van der Waals surface area contributed by atoms with Crippen LogP contribution in [0.15, 0.2) is 48.5 Å². The van der Waals surface area contributed by atoms with Crippen molar-refractivity contribution in [2.24, 2.45) is 0 Å². The van der Waals surface area contributed by atoms with Crippen molar-refractivity contribution in [2.75, 3.05) is 16.6 Å². The molecule has 9 heteroatoms. The number of hydrogen-bond acceptors (Lipinski definition) is 5. The lowest BCUT2D eigenvalue weighted by molar-refractivity contribution is 0.0951. The largest absolute Gasteiger partial charge is 0.346 e. The fourth-order valence-corrected chi connectivity index (χ4v) is 5.95. The zero-order valence-corrected chi connectivity index (χ0v) is 18.6. The molecule has 1 fully saturated rings. The molecule has 2 heterocycles. The van der Waals surface area contributed by atoms with E-state index in [0.717, 1.165) is 21.1 Å². The predicted molar refractivity (Wildman–Crippen MR) is 121 cm³/mol. The van der Waals surface area contributed by atoms with Crippen LogP contribution in [0.3, 0.4) is 0 Å². The lowest BCUT2D eigenvalue weighted by Gasteiger charge is -2.16. The number of nitrogens with zero attached hydrogens (tertiary/aromatic N) is 2. The maximum absolute atomic E-state index is 12.5. The molecule has 6 nitrogen and oxygen atoms in total. The Morgan fingerprint density at radius 1 is 1.17 bits per heavy atom. The third kappa shape index (κ3) is 4.35. The smallest absolute Gasteiger partial charge is 0.251 e. The van der Waals surface area contributed by atoms with Crippen molar-refractivity contribution < 1.29 is 13.2 Å². The number of nitrogens with one attached hydrogen (secondary N) is 1. The molecule has 1 aliphatic rings. The van der Waals surface area contributed by atoms with Gasteiger partial charge in [0.2, 0.25) is 10.0 Å². The molecule has 0 saturated carbocycles. The van der Waals surface area contributed by atoms with Gasteiger partial charge < -0.3 is 5.32 Å². The second kappa shape index (κ2) is 8.37. The summed E-state index contributed by atoms with van der Waals surface area (Å²) in [5.74, 6) is -0.0627. The molecule has 3 aromatic rings. The molecule has 1 N–H and O–H groups in total. The first-order valence-electron chi connectivity index (χ1n) is 9.44. The average Bonchev–Trinajstić information content (AvgIpc) is 3.28. The molecule has 0 aliphatic carbocycles. The van der Waals surface area contributed by atoms with Gasteiger partial charge in [0.25, 0.3) is 5.91 Å². The Labute approximate surface area is 184 Å². The Morgan fingerprint density at radius 3 is 2.50 bits per heavy atom. The van der Waals surface area contributed by atoms with Crippen molar-refractivity contribution in [3.05, 3.63) is 69.0 Å². The lowest BCUT2D eigenvalue weighted by Crippen LogP contribution is -2.25. The number of carbonyl (C=O) groups is 1. The first-order valence-corrected chi connectivity index (χ1v) is 12.2. The number of halogens is 1. The fourth-order valence-electron chi connectivity index (χ4n) is 3.37. The Balaban J connectivity index is 1.41. The highest BCUT2D eigenvalue weighted by Gasteiger charge is 2.28. The highest BCUT2D eigenvalue weighted by Crippen LogP contribution is 2.28. The summed E-state index contributed by atoms with van der Waals surface area (Å²) in [6.07, 6.45) is 0.621. The standard InChI is InChI=1S/C21H20ClN3O3S2/c1-14-20(15-3-7-17(22)8-4-15)24-19(29-14)13-23-21(26)16-5-9-18(10-6-16)25-11-2-12-30(25,27)28/h3-10H,2,11-13H2,1H3,(H,23,26). The number of thiazole rings is 1. The predicted octanol–water partition coefficient (Wildman–Crippen LogP) is 4.24. The van der Waals surface area contributed by atoms with Gasteiger partial charge in [-0.05, 0) is 49.7 Å². The van der Waals surface area contributed by atoms with Gasteiger partial charge in [-0.15, -0.1) is 11.3 Å². The van der Waals surface area contributed by atoms with Gasteiger partial charge in [0, 0.05) is 27.6 Å². The molecular weight excluding hydrogens is 442 g/mol. The molecule has 2 aromatic carbocycles. The van der Waals surface area contributed by atoms with Gasteiger partial charge in [0.05, 0.1) is 23.7 Å². The molecule has 156 valence electrons. The van der Waals surface area contributed by atoms with Gasteiger partial charge in [-0.2, -0.15) is 0 Å². The van der Waals surface area contributed by atoms with Crippen molar-refractivity contribution in [3.63, 3.8) is 0 Å². The van der Waals surface area contributed by atoms with Crippen LogP contribution in [0, 0.1) is 6.92 Å². The van der Waals surface area contributed by atoms with E-state index in [0.29, 0.717) is 35.8 Å². The maximum atomic E-state index is 12.5. The number of sulfonamides is 1. The molecule has 0 unspecified atom stereocenters. The third-order valence-electron chi connectivity index (χ3n) is 4.88. The number of rotatable bonds is 5. The van der Waals surface area contributed by atoms with Crippen LogP contribution in [0.25, 0.3) is 11.3 Å². The average molecular weight is 462 g/mol. The summed E-state index contributed by atoms with van der Waals surface area (Å²) >= 11 is 7.49.